The van der Waals surface area contributed by atoms with Crippen molar-refractivity contribution in [1.29, 1.82) is 0 Å². The lowest BCUT2D eigenvalue weighted by Gasteiger charge is -2.56. The van der Waals surface area contributed by atoms with Crippen LogP contribution in [0.2, 0.25) is 5.02 Å². The Morgan fingerprint density at radius 1 is 1.08 bits per heavy atom. The van der Waals surface area contributed by atoms with Gasteiger partial charge in [-0.2, -0.15) is 0 Å². The quantitative estimate of drug-likeness (QED) is 0.857. The molecule has 1 heterocycles. The standard InChI is InChI=1S/C20H21ClN2O2/c21-14-1-2-16-15(6-14)18(24)7-17(22-16)19(25)23-20-8-11-3-12(9-20)5-13(4-11)10-20/h1-2,6-7,11-13H,3-5,8-10H2,(H,22,24)(H,23,25). The van der Waals surface area contributed by atoms with E-state index in [1.807, 2.05) is 0 Å². The summed E-state index contributed by atoms with van der Waals surface area (Å²) in [6.07, 6.45) is 7.29. The number of carbonyl (C=O) groups excluding carboxylic acids is 1. The summed E-state index contributed by atoms with van der Waals surface area (Å²) in [5.41, 5.74) is 0.757. The third kappa shape index (κ3) is 2.58. The van der Waals surface area contributed by atoms with E-state index < -0.39 is 0 Å². The minimum absolute atomic E-state index is 0.0579. The fourth-order valence-electron chi connectivity index (χ4n) is 5.91. The van der Waals surface area contributed by atoms with Gasteiger partial charge in [0.1, 0.15) is 5.69 Å². The summed E-state index contributed by atoms with van der Waals surface area (Å²) in [4.78, 5) is 28.4. The molecule has 1 amide bonds. The summed E-state index contributed by atoms with van der Waals surface area (Å²) in [5.74, 6) is 2.15. The highest BCUT2D eigenvalue weighted by atomic mass is 35.5. The highest BCUT2D eigenvalue weighted by molar-refractivity contribution is 6.31. The van der Waals surface area contributed by atoms with Crippen molar-refractivity contribution < 1.29 is 4.79 Å². The zero-order valence-corrected chi connectivity index (χ0v) is 14.7. The van der Waals surface area contributed by atoms with E-state index in [0.717, 1.165) is 37.0 Å². The van der Waals surface area contributed by atoms with Crippen molar-refractivity contribution in [2.45, 2.75) is 44.1 Å². The molecule has 0 radical (unpaired) electrons. The Morgan fingerprint density at radius 2 is 1.72 bits per heavy atom. The molecule has 4 aliphatic rings. The number of nitrogens with one attached hydrogen (secondary N) is 2. The third-order valence-corrected chi connectivity index (χ3v) is 6.69. The highest BCUT2D eigenvalue weighted by Gasteiger charge is 2.51. The van der Waals surface area contributed by atoms with E-state index in [0.29, 0.717) is 21.6 Å². The minimum atomic E-state index is -0.174. The number of H-pyrrole nitrogens is 1. The van der Waals surface area contributed by atoms with Crippen LogP contribution in [-0.4, -0.2) is 16.4 Å². The van der Waals surface area contributed by atoms with Crippen LogP contribution in [0, 0.1) is 17.8 Å². The molecule has 130 valence electrons. The number of pyridine rings is 1. The first-order valence-corrected chi connectivity index (χ1v) is 9.53. The van der Waals surface area contributed by atoms with Crippen LogP contribution in [0.25, 0.3) is 10.9 Å². The number of fused-ring (bicyclic) bond motifs is 1. The number of hydrogen-bond acceptors (Lipinski definition) is 2. The molecule has 4 saturated carbocycles. The van der Waals surface area contributed by atoms with Crippen molar-refractivity contribution in [3.05, 3.63) is 45.2 Å². The molecule has 0 unspecified atom stereocenters. The maximum Gasteiger partial charge on any atom is 0.268 e. The Bertz CT molecular complexity index is 898. The number of rotatable bonds is 2. The molecule has 4 fully saturated rings. The van der Waals surface area contributed by atoms with Crippen molar-refractivity contribution in [1.82, 2.24) is 10.3 Å². The molecule has 5 heteroatoms. The van der Waals surface area contributed by atoms with Gasteiger partial charge >= 0.3 is 0 Å². The van der Waals surface area contributed by atoms with Crippen LogP contribution in [0.5, 0.6) is 0 Å². The predicted octanol–water partition coefficient (Wildman–Crippen LogP) is 3.88. The van der Waals surface area contributed by atoms with Crippen LogP contribution in [0.15, 0.2) is 29.1 Å². The van der Waals surface area contributed by atoms with E-state index in [-0.39, 0.29) is 16.9 Å². The van der Waals surface area contributed by atoms with Crippen LogP contribution in [0.3, 0.4) is 0 Å². The molecular weight excluding hydrogens is 336 g/mol. The first kappa shape index (κ1) is 15.4. The van der Waals surface area contributed by atoms with Gasteiger partial charge in [0.15, 0.2) is 5.43 Å². The summed E-state index contributed by atoms with van der Waals surface area (Å²) < 4.78 is 0. The summed E-state index contributed by atoms with van der Waals surface area (Å²) in [5, 5.41) is 4.34. The van der Waals surface area contributed by atoms with Crippen molar-refractivity contribution in [2.24, 2.45) is 17.8 Å². The van der Waals surface area contributed by atoms with E-state index >= 15 is 0 Å². The number of halogens is 1. The average Bonchev–Trinajstić information content (AvgIpc) is 2.53. The topological polar surface area (TPSA) is 62.0 Å². The van der Waals surface area contributed by atoms with E-state index in [1.54, 1.807) is 18.2 Å². The molecule has 6 rings (SSSR count). The SMILES string of the molecule is O=C(NC12CC3CC(CC(C3)C1)C2)c1cc(=O)c2cc(Cl)ccc2[nH]1. The van der Waals surface area contributed by atoms with Gasteiger partial charge < -0.3 is 10.3 Å². The van der Waals surface area contributed by atoms with Gasteiger partial charge in [0.2, 0.25) is 0 Å². The molecule has 1 aromatic carbocycles. The van der Waals surface area contributed by atoms with Gasteiger partial charge in [0.05, 0.1) is 0 Å². The Morgan fingerprint density at radius 3 is 2.36 bits per heavy atom. The van der Waals surface area contributed by atoms with Gasteiger partial charge in [-0.15, -0.1) is 0 Å². The molecule has 1 aromatic heterocycles. The summed E-state index contributed by atoms with van der Waals surface area (Å²) in [6, 6.07) is 6.51. The monoisotopic (exact) mass is 356 g/mol. The first-order chi connectivity index (χ1) is 12.0. The van der Waals surface area contributed by atoms with Gasteiger partial charge in [0.25, 0.3) is 5.91 Å². The largest absolute Gasteiger partial charge is 0.350 e. The van der Waals surface area contributed by atoms with E-state index in [4.69, 9.17) is 11.6 Å². The Balaban J connectivity index is 1.46. The van der Waals surface area contributed by atoms with Gasteiger partial charge in [-0.05, 0) is 74.5 Å². The maximum absolute atomic E-state index is 12.9. The van der Waals surface area contributed by atoms with E-state index in [2.05, 4.69) is 10.3 Å². The average molecular weight is 357 g/mol. The lowest BCUT2D eigenvalue weighted by molar-refractivity contribution is -0.0167. The maximum atomic E-state index is 12.9. The third-order valence-electron chi connectivity index (χ3n) is 6.45. The van der Waals surface area contributed by atoms with Crippen LogP contribution >= 0.6 is 11.6 Å². The minimum Gasteiger partial charge on any atom is -0.350 e. The summed E-state index contributed by atoms with van der Waals surface area (Å²) in [7, 11) is 0. The van der Waals surface area contributed by atoms with Crippen LogP contribution in [0.4, 0.5) is 0 Å². The number of benzene rings is 1. The van der Waals surface area contributed by atoms with Crippen molar-refractivity contribution in [2.75, 3.05) is 0 Å². The molecular formula is C20H21ClN2O2. The smallest absolute Gasteiger partial charge is 0.268 e. The number of carbonyl (C=O) groups is 1. The fraction of sp³-hybridized carbons (Fsp3) is 0.500. The number of aromatic amines is 1. The van der Waals surface area contributed by atoms with Gasteiger partial charge in [-0.1, -0.05) is 11.6 Å². The number of aromatic nitrogens is 1. The van der Waals surface area contributed by atoms with Gasteiger partial charge in [-0.3, -0.25) is 9.59 Å². The first-order valence-electron chi connectivity index (χ1n) is 9.15. The Labute approximate surface area is 151 Å². The Kier molecular flexibility index (Phi) is 3.30. The molecule has 0 spiro atoms. The van der Waals surface area contributed by atoms with Crippen molar-refractivity contribution >= 4 is 28.4 Å². The van der Waals surface area contributed by atoms with E-state index in [9.17, 15) is 9.59 Å². The number of hydrogen-bond donors (Lipinski definition) is 2. The normalized spacial score (nSPS) is 32.9. The molecule has 25 heavy (non-hydrogen) atoms. The molecule has 2 aromatic rings. The zero-order chi connectivity index (χ0) is 17.2. The van der Waals surface area contributed by atoms with Crippen LogP contribution < -0.4 is 10.7 Å². The highest BCUT2D eigenvalue weighted by Crippen LogP contribution is 2.55. The lowest BCUT2D eigenvalue weighted by Crippen LogP contribution is -2.60. The zero-order valence-electron chi connectivity index (χ0n) is 14.0. The lowest BCUT2D eigenvalue weighted by atomic mass is 9.53. The van der Waals surface area contributed by atoms with Crippen LogP contribution in [-0.2, 0) is 0 Å². The summed E-state index contributed by atoms with van der Waals surface area (Å²) >= 11 is 5.96. The molecule has 0 aliphatic heterocycles. The molecule has 0 atom stereocenters. The van der Waals surface area contributed by atoms with Gasteiger partial charge in [-0.25, -0.2) is 0 Å². The second kappa shape index (κ2) is 5.34. The second-order valence-electron chi connectivity index (χ2n) is 8.39. The Hall–Kier alpha value is -1.81. The fourth-order valence-corrected chi connectivity index (χ4v) is 6.09. The number of amides is 1. The molecule has 2 N–H and O–H groups in total. The van der Waals surface area contributed by atoms with Crippen molar-refractivity contribution in [3.63, 3.8) is 0 Å². The summed E-state index contributed by atoms with van der Waals surface area (Å²) in [6.45, 7) is 0. The van der Waals surface area contributed by atoms with Crippen molar-refractivity contribution in [3.8, 4) is 0 Å². The molecule has 4 bridgehead atoms. The van der Waals surface area contributed by atoms with E-state index in [1.165, 1.54) is 25.3 Å². The van der Waals surface area contributed by atoms with Gasteiger partial charge in [0, 0.05) is 27.5 Å². The predicted molar refractivity (Wildman–Crippen MR) is 97.9 cm³/mol. The molecule has 0 saturated heterocycles. The molecule has 4 nitrogen and oxygen atoms in total. The second-order valence-corrected chi connectivity index (χ2v) is 8.83. The van der Waals surface area contributed by atoms with Crippen LogP contribution in [0.1, 0.15) is 49.0 Å². The molecule has 4 aliphatic carbocycles.